The van der Waals surface area contributed by atoms with Gasteiger partial charge in [-0.05, 0) is 58.8 Å². The first-order chi connectivity index (χ1) is 10.1. The van der Waals surface area contributed by atoms with E-state index in [4.69, 9.17) is 0 Å². The number of hydrogen-bond acceptors (Lipinski definition) is 3. The summed E-state index contributed by atoms with van der Waals surface area (Å²) in [6.45, 7) is 7.28. The smallest absolute Gasteiger partial charge is 0.106 e. The highest BCUT2D eigenvalue weighted by Gasteiger charge is 2.28. The summed E-state index contributed by atoms with van der Waals surface area (Å²) in [6.07, 6.45) is 9.61. The van der Waals surface area contributed by atoms with Crippen molar-refractivity contribution in [2.75, 3.05) is 0 Å². The summed E-state index contributed by atoms with van der Waals surface area (Å²) in [5.41, 5.74) is 2.34. The normalized spacial score (nSPS) is 17.3. The van der Waals surface area contributed by atoms with E-state index in [-0.39, 0.29) is 5.54 Å². The van der Waals surface area contributed by atoms with E-state index >= 15 is 0 Å². The molecule has 0 amide bonds. The molecule has 1 N–H and O–H groups in total. The number of hydrogen-bond donors (Lipinski definition) is 1. The van der Waals surface area contributed by atoms with Gasteiger partial charge in [0.15, 0.2) is 0 Å². The molecule has 1 aromatic rings. The Labute approximate surface area is 128 Å². The maximum atomic E-state index is 9.54. The average Bonchev–Trinajstić information content (AvgIpc) is 2.89. The molecule has 2 rings (SSSR count). The van der Waals surface area contributed by atoms with Gasteiger partial charge >= 0.3 is 0 Å². The summed E-state index contributed by atoms with van der Waals surface area (Å²) >= 11 is 0. The minimum Gasteiger partial charge on any atom is -0.334 e. The van der Waals surface area contributed by atoms with E-state index in [1.54, 1.807) is 0 Å². The lowest BCUT2D eigenvalue weighted by Gasteiger charge is -2.29. The van der Waals surface area contributed by atoms with Gasteiger partial charge < -0.3 is 4.57 Å². The molecule has 1 unspecified atom stereocenters. The van der Waals surface area contributed by atoms with Crippen molar-refractivity contribution in [1.29, 1.82) is 5.26 Å². The van der Waals surface area contributed by atoms with E-state index in [0.717, 1.165) is 38.6 Å². The third-order valence-corrected chi connectivity index (χ3v) is 4.50. The van der Waals surface area contributed by atoms with Crippen LogP contribution in [0.25, 0.3) is 0 Å². The Kier molecular flexibility index (Phi) is 5.41. The first-order valence-electron chi connectivity index (χ1n) is 8.32. The first kappa shape index (κ1) is 16.0. The molecular formula is C17H28N4. The Morgan fingerprint density at radius 1 is 1.43 bits per heavy atom. The van der Waals surface area contributed by atoms with Crippen LogP contribution in [0.5, 0.6) is 0 Å². The third-order valence-electron chi connectivity index (χ3n) is 4.50. The van der Waals surface area contributed by atoms with Crippen LogP contribution in [0.15, 0.2) is 6.33 Å². The van der Waals surface area contributed by atoms with E-state index < -0.39 is 0 Å². The van der Waals surface area contributed by atoms with Crippen LogP contribution in [0.4, 0.5) is 0 Å². The standard InChI is InChI=1S/C17H28N4/c1-4-17(12-18,20-14(2)3)10-7-11-21-13-19-15-8-5-6-9-16(15)21/h13-14,20H,4-11H2,1-3H3. The lowest BCUT2D eigenvalue weighted by Crippen LogP contribution is -2.47. The first-order valence-corrected chi connectivity index (χ1v) is 8.32. The van der Waals surface area contributed by atoms with Crippen LogP contribution in [0.3, 0.4) is 0 Å². The van der Waals surface area contributed by atoms with E-state index in [2.05, 4.69) is 41.7 Å². The highest BCUT2D eigenvalue weighted by Crippen LogP contribution is 2.22. The molecule has 0 fully saturated rings. The predicted octanol–water partition coefficient (Wildman–Crippen LogP) is 3.21. The summed E-state index contributed by atoms with van der Waals surface area (Å²) in [6, 6.07) is 2.84. The van der Waals surface area contributed by atoms with Crippen molar-refractivity contribution in [3.05, 3.63) is 17.7 Å². The molecule has 0 bridgehead atoms. The van der Waals surface area contributed by atoms with E-state index in [1.807, 2.05) is 6.33 Å². The Hall–Kier alpha value is -1.34. The summed E-state index contributed by atoms with van der Waals surface area (Å²) in [4.78, 5) is 4.54. The van der Waals surface area contributed by atoms with Crippen molar-refractivity contribution in [2.45, 2.75) is 83.8 Å². The summed E-state index contributed by atoms with van der Waals surface area (Å²) < 4.78 is 2.31. The highest BCUT2D eigenvalue weighted by atomic mass is 15.1. The zero-order chi connectivity index (χ0) is 15.3. The summed E-state index contributed by atoms with van der Waals surface area (Å²) in [5, 5.41) is 13.0. The van der Waals surface area contributed by atoms with E-state index in [9.17, 15) is 5.26 Å². The lowest BCUT2D eigenvalue weighted by molar-refractivity contribution is 0.328. The van der Waals surface area contributed by atoms with Crippen LogP contribution in [0.1, 0.15) is 64.3 Å². The van der Waals surface area contributed by atoms with Crippen molar-refractivity contribution in [1.82, 2.24) is 14.9 Å². The molecule has 1 aromatic heterocycles. The van der Waals surface area contributed by atoms with Gasteiger partial charge in [0.2, 0.25) is 0 Å². The molecule has 1 heterocycles. The largest absolute Gasteiger partial charge is 0.334 e. The Morgan fingerprint density at radius 3 is 2.86 bits per heavy atom. The molecule has 4 heteroatoms. The number of nitrogens with one attached hydrogen (secondary N) is 1. The molecule has 4 nitrogen and oxygen atoms in total. The van der Waals surface area contributed by atoms with Gasteiger partial charge in [-0.2, -0.15) is 5.26 Å². The molecule has 0 saturated carbocycles. The van der Waals surface area contributed by atoms with Crippen molar-refractivity contribution in [3.8, 4) is 6.07 Å². The van der Waals surface area contributed by atoms with Gasteiger partial charge in [-0.1, -0.05) is 6.92 Å². The second-order valence-electron chi connectivity index (χ2n) is 6.49. The molecule has 0 aromatic carbocycles. The Bertz CT molecular complexity index is 497. The Morgan fingerprint density at radius 2 is 2.19 bits per heavy atom. The van der Waals surface area contributed by atoms with Gasteiger partial charge in [0, 0.05) is 18.3 Å². The van der Waals surface area contributed by atoms with Crippen molar-refractivity contribution < 1.29 is 0 Å². The van der Waals surface area contributed by atoms with Gasteiger partial charge in [0.05, 0.1) is 18.1 Å². The van der Waals surface area contributed by atoms with E-state index in [1.165, 1.54) is 24.2 Å². The minimum absolute atomic E-state index is 0.339. The molecular weight excluding hydrogens is 260 g/mol. The quantitative estimate of drug-likeness (QED) is 0.838. The number of aromatic nitrogens is 2. The molecule has 0 radical (unpaired) electrons. The number of nitriles is 1. The number of rotatable bonds is 7. The maximum Gasteiger partial charge on any atom is 0.106 e. The van der Waals surface area contributed by atoms with Crippen LogP contribution in [-0.4, -0.2) is 21.1 Å². The second-order valence-corrected chi connectivity index (χ2v) is 6.49. The van der Waals surface area contributed by atoms with Crippen molar-refractivity contribution in [2.24, 2.45) is 0 Å². The highest BCUT2D eigenvalue weighted by molar-refractivity contribution is 5.16. The lowest BCUT2D eigenvalue weighted by atomic mass is 9.91. The zero-order valence-corrected chi connectivity index (χ0v) is 13.7. The Balaban J connectivity index is 1.93. The number of aryl methyl sites for hydroxylation is 2. The fourth-order valence-electron chi connectivity index (χ4n) is 3.35. The van der Waals surface area contributed by atoms with Gasteiger partial charge in [0.25, 0.3) is 0 Å². The topological polar surface area (TPSA) is 53.6 Å². The summed E-state index contributed by atoms with van der Waals surface area (Å²) in [7, 11) is 0. The molecule has 0 aliphatic heterocycles. The van der Waals surface area contributed by atoms with Crippen LogP contribution in [0.2, 0.25) is 0 Å². The molecule has 21 heavy (non-hydrogen) atoms. The third kappa shape index (κ3) is 3.85. The summed E-state index contributed by atoms with van der Waals surface area (Å²) in [5.74, 6) is 0. The molecule has 116 valence electrons. The predicted molar refractivity (Wildman–Crippen MR) is 85.0 cm³/mol. The van der Waals surface area contributed by atoms with Crippen LogP contribution in [-0.2, 0) is 19.4 Å². The number of nitrogens with zero attached hydrogens (tertiary/aromatic N) is 3. The molecule has 1 atom stereocenters. The number of imidazole rings is 1. The van der Waals surface area contributed by atoms with Gasteiger partial charge in [-0.3, -0.25) is 5.32 Å². The monoisotopic (exact) mass is 288 g/mol. The SMILES string of the molecule is CCC(C#N)(CCCn1cnc2c1CCCC2)NC(C)C. The van der Waals surface area contributed by atoms with Crippen LogP contribution < -0.4 is 5.32 Å². The maximum absolute atomic E-state index is 9.54. The van der Waals surface area contributed by atoms with Gasteiger partial charge in [0.1, 0.15) is 5.54 Å². The number of fused-ring (bicyclic) bond motifs is 1. The van der Waals surface area contributed by atoms with Crippen molar-refractivity contribution >= 4 is 0 Å². The molecule has 0 saturated heterocycles. The fraction of sp³-hybridized carbons (Fsp3) is 0.765. The molecule has 1 aliphatic rings. The van der Waals surface area contributed by atoms with Gasteiger partial charge in [-0.15, -0.1) is 0 Å². The van der Waals surface area contributed by atoms with Crippen LogP contribution in [0, 0.1) is 11.3 Å². The average molecular weight is 288 g/mol. The van der Waals surface area contributed by atoms with E-state index in [0.29, 0.717) is 6.04 Å². The molecule has 1 aliphatic carbocycles. The second kappa shape index (κ2) is 7.09. The fourth-order valence-corrected chi connectivity index (χ4v) is 3.35. The van der Waals surface area contributed by atoms with Crippen molar-refractivity contribution in [3.63, 3.8) is 0 Å². The van der Waals surface area contributed by atoms with Crippen LogP contribution >= 0.6 is 0 Å². The zero-order valence-electron chi connectivity index (χ0n) is 13.7. The molecule has 0 spiro atoms. The minimum atomic E-state index is -0.380. The van der Waals surface area contributed by atoms with Gasteiger partial charge in [-0.25, -0.2) is 4.98 Å².